The first kappa shape index (κ1) is 10.4. The van der Waals surface area contributed by atoms with Crippen molar-refractivity contribution >= 4 is 39.2 Å². The zero-order valence-electron chi connectivity index (χ0n) is 7.20. The fraction of sp³-hybridized carbons (Fsp3) is 0.333. The largest absolute Gasteiger partial charge is 0.340 e. The molecule has 0 aliphatic carbocycles. The number of rotatable bonds is 0. The summed E-state index contributed by atoms with van der Waals surface area (Å²) in [6.07, 6.45) is 0. The number of hydrogen-bond acceptors (Lipinski definition) is 3. The smallest absolute Gasteiger partial charge is 0.329 e. The zero-order valence-corrected chi connectivity index (χ0v) is 9.61. The molecule has 0 aromatic carbocycles. The number of carbonyl (C=O) groups is 1. The molecule has 1 rings (SSSR count). The number of quaternary nitrogens is 1. The Bertz CT molecular complexity index is 395. The van der Waals surface area contributed by atoms with Crippen molar-refractivity contribution in [2.24, 2.45) is 0 Å². The summed E-state index contributed by atoms with van der Waals surface area (Å²) < 4.78 is 1.65. The minimum absolute atomic E-state index is 0.320. The molecule has 0 unspecified atom stereocenters. The number of aromatic nitrogens is 1. The van der Waals surface area contributed by atoms with E-state index in [0.717, 1.165) is 15.5 Å². The van der Waals surface area contributed by atoms with Gasteiger partial charge in [-0.15, -0.1) is 0 Å². The van der Waals surface area contributed by atoms with Crippen LogP contribution in [0.3, 0.4) is 0 Å². The van der Waals surface area contributed by atoms with Gasteiger partial charge in [0.15, 0.2) is 3.79 Å². The molecular weight excluding hydrogens is 258 g/mol. The van der Waals surface area contributed by atoms with E-state index in [1.807, 2.05) is 0 Å². The van der Waals surface area contributed by atoms with E-state index in [9.17, 15) is 9.59 Å². The Balaban J connectivity index is 3.25. The van der Waals surface area contributed by atoms with Gasteiger partial charge in [-0.05, 0) is 27.5 Å². The standard InChI is InChI=1S/C6H8BrN3O2S/c1-9(2)6(12)10-5(11)3(8)4(7)13-10/h8H2,1-2H3/p+1. The number of amides is 1. The lowest BCUT2D eigenvalue weighted by Crippen LogP contribution is -2.47. The van der Waals surface area contributed by atoms with Crippen LogP contribution in [0.5, 0.6) is 0 Å². The molecule has 0 atom stereocenters. The second kappa shape index (κ2) is 3.60. The first-order chi connectivity index (χ1) is 5.95. The molecule has 0 aliphatic heterocycles. The van der Waals surface area contributed by atoms with Gasteiger partial charge in [-0.25, -0.2) is 4.79 Å². The Labute approximate surface area is 87.0 Å². The van der Waals surface area contributed by atoms with Gasteiger partial charge in [-0.2, -0.15) is 3.96 Å². The van der Waals surface area contributed by atoms with Crippen LogP contribution >= 0.6 is 27.5 Å². The third-order valence-electron chi connectivity index (χ3n) is 1.41. The van der Waals surface area contributed by atoms with Crippen molar-refractivity contribution in [3.05, 3.63) is 14.1 Å². The summed E-state index contributed by atoms with van der Waals surface area (Å²) in [5.74, 6) is 0. The van der Waals surface area contributed by atoms with E-state index in [-0.39, 0.29) is 11.6 Å². The summed E-state index contributed by atoms with van der Waals surface area (Å²) in [5, 5.41) is 0. The predicted molar refractivity (Wildman–Crippen MR) is 53.3 cm³/mol. The van der Waals surface area contributed by atoms with Gasteiger partial charge in [0.25, 0.3) is 0 Å². The third kappa shape index (κ3) is 1.82. The first-order valence-corrected chi connectivity index (χ1v) is 4.97. The summed E-state index contributed by atoms with van der Waals surface area (Å²) in [6, 6.07) is -0.356. The van der Waals surface area contributed by atoms with Crippen LogP contribution in [0.25, 0.3) is 0 Å². The fourth-order valence-corrected chi connectivity index (χ4v) is 2.09. The Morgan fingerprint density at radius 1 is 1.62 bits per heavy atom. The van der Waals surface area contributed by atoms with E-state index in [1.165, 1.54) is 4.90 Å². The lowest BCUT2D eigenvalue weighted by atomic mass is 10.6. The Kier molecular flexibility index (Phi) is 2.89. The quantitative estimate of drug-likeness (QED) is 0.723. The molecule has 3 N–H and O–H groups in total. The van der Waals surface area contributed by atoms with E-state index < -0.39 is 0 Å². The molecular formula is C6H9BrN3O2S+. The Hall–Kier alpha value is -0.660. The zero-order chi connectivity index (χ0) is 10.2. The van der Waals surface area contributed by atoms with Gasteiger partial charge in [0, 0.05) is 14.1 Å². The average Bonchev–Trinajstić information content (AvgIpc) is 2.31. The molecule has 0 aliphatic rings. The molecule has 7 heteroatoms. The van der Waals surface area contributed by atoms with Crippen molar-refractivity contribution in [2.75, 3.05) is 14.1 Å². The highest BCUT2D eigenvalue weighted by Gasteiger charge is 2.19. The van der Waals surface area contributed by atoms with Crippen molar-refractivity contribution in [3.63, 3.8) is 0 Å². The topological polar surface area (TPSA) is 70.0 Å². The lowest BCUT2D eigenvalue weighted by molar-refractivity contribution is -0.257. The van der Waals surface area contributed by atoms with Crippen molar-refractivity contribution in [3.8, 4) is 0 Å². The maximum atomic E-state index is 11.4. The van der Waals surface area contributed by atoms with Crippen LogP contribution in [-0.2, 0) is 0 Å². The van der Waals surface area contributed by atoms with Gasteiger partial charge in [0.1, 0.15) is 0 Å². The summed E-state index contributed by atoms with van der Waals surface area (Å²) >= 11 is 4.19. The second-order valence-corrected chi connectivity index (χ2v) is 4.89. The van der Waals surface area contributed by atoms with Gasteiger partial charge >= 0.3 is 11.6 Å². The minimum atomic E-state index is -0.365. The van der Waals surface area contributed by atoms with Crippen molar-refractivity contribution in [1.82, 2.24) is 8.86 Å². The van der Waals surface area contributed by atoms with Crippen LogP contribution < -0.4 is 11.3 Å². The van der Waals surface area contributed by atoms with Gasteiger partial charge in [-0.1, -0.05) is 0 Å². The SMILES string of the molecule is CN(C)C(=O)n1sc(Br)c([NH3+])c1=O. The highest BCUT2D eigenvalue weighted by Crippen LogP contribution is 2.20. The average molecular weight is 267 g/mol. The molecule has 0 fully saturated rings. The predicted octanol–water partition coefficient (Wildman–Crippen LogP) is 0.0754. The summed E-state index contributed by atoms with van der Waals surface area (Å²) in [4.78, 5) is 24.1. The maximum absolute atomic E-state index is 11.4. The van der Waals surface area contributed by atoms with Gasteiger partial charge in [0.2, 0.25) is 5.69 Å². The maximum Gasteiger partial charge on any atom is 0.340 e. The number of halogens is 1. The Morgan fingerprint density at radius 2 is 2.15 bits per heavy atom. The fourth-order valence-electron chi connectivity index (χ4n) is 0.691. The summed E-state index contributed by atoms with van der Waals surface area (Å²) in [5.41, 5.74) is 3.50. The van der Waals surface area contributed by atoms with Crippen LogP contribution in [0.2, 0.25) is 0 Å². The Morgan fingerprint density at radius 3 is 2.46 bits per heavy atom. The van der Waals surface area contributed by atoms with E-state index in [4.69, 9.17) is 0 Å². The number of nitrogens with zero attached hydrogens (tertiary/aromatic N) is 2. The summed E-state index contributed by atoms with van der Waals surface area (Å²) in [7, 11) is 3.18. The molecule has 0 spiro atoms. The lowest BCUT2D eigenvalue weighted by Gasteiger charge is -2.07. The van der Waals surface area contributed by atoms with Gasteiger partial charge < -0.3 is 10.6 Å². The van der Waals surface area contributed by atoms with E-state index in [1.54, 1.807) is 14.1 Å². The van der Waals surface area contributed by atoms with Crippen LogP contribution in [-0.4, -0.2) is 29.0 Å². The molecule has 13 heavy (non-hydrogen) atoms. The van der Waals surface area contributed by atoms with Gasteiger partial charge in [0.05, 0.1) is 0 Å². The second-order valence-electron chi connectivity index (χ2n) is 2.62. The third-order valence-corrected chi connectivity index (χ3v) is 3.23. The normalized spacial score (nSPS) is 10.2. The monoisotopic (exact) mass is 266 g/mol. The molecule has 0 saturated heterocycles. The molecule has 72 valence electrons. The molecule has 0 radical (unpaired) electrons. The van der Waals surface area contributed by atoms with Crippen LogP contribution in [0.4, 0.5) is 10.5 Å². The molecule has 1 aromatic heterocycles. The van der Waals surface area contributed by atoms with Crippen molar-refractivity contribution in [1.29, 1.82) is 0 Å². The van der Waals surface area contributed by atoms with E-state index in [0.29, 0.717) is 9.47 Å². The van der Waals surface area contributed by atoms with Crippen LogP contribution in [0, 0.1) is 0 Å². The molecule has 1 heterocycles. The molecule has 1 aromatic rings. The molecule has 0 saturated carbocycles. The molecule has 5 nitrogen and oxygen atoms in total. The van der Waals surface area contributed by atoms with Gasteiger partial charge in [-0.3, -0.25) is 4.79 Å². The van der Waals surface area contributed by atoms with Crippen molar-refractivity contribution in [2.45, 2.75) is 0 Å². The first-order valence-electron chi connectivity index (χ1n) is 3.40. The highest BCUT2D eigenvalue weighted by molar-refractivity contribution is 9.11. The minimum Gasteiger partial charge on any atom is -0.329 e. The van der Waals surface area contributed by atoms with Crippen molar-refractivity contribution < 1.29 is 10.5 Å². The number of hydrogen-bond donors (Lipinski definition) is 1. The molecule has 1 amide bonds. The van der Waals surface area contributed by atoms with Crippen LogP contribution in [0.1, 0.15) is 0 Å². The van der Waals surface area contributed by atoms with E-state index >= 15 is 0 Å². The highest BCUT2D eigenvalue weighted by atomic mass is 79.9. The molecule has 0 bridgehead atoms. The summed E-state index contributed by atoms with van der Waals surface area (Å²) in [6.45, 7) is 0. The van der Waals surface area contributed by atoms with Crippen LogP contribution in [0.15, 0.2) is 8.58 Å². The van der Waals surface area contributed by atoms with E-state index in [2.05, 4.69) is 21.7 Å². The number of carbonyl (C=O) groups excluding carboxylic acids is 1.